The molecule has 9 aromatic carbocycles. The van der Waals surface area contributed by atoms with E-state index < -0.39 is 60.4 Å². The average molecular weight is 1130 g/mol. The van der Waals surface area contributed by atoms with E-state index in [2.05, 4.69) is 117 Å². The number of aryl methyl sites for hydroxylation is 2. The van der Waals surface area contributed by atoms with E-state index in [-0.39, 0.29) is 54.4 Å². The molecule has 0 atom stereocenters. The molecule has 13 aromatic rings. The summed E-state index contributed by atoms with van der Waals surface area (Å²) >= 11 is 0. The molecule has 0 N–H and O–H groups in total. The zero-order chi connectivity index (χ0) is 57.4. The van der Waals surface area contributed by atoms with Crippen molar-refractivity contribution in [3.8, 4) is 56.6 Å². The third-order valence-corrected chi connectivity index (χ3v) is 13.5. The van der Waals surface area contributed by atoms with E-state index in [0.29, 0.717) is 28.2 Å². The molecule has 0 saturated carbocycles. The fourth-order valence-electron chi connectivity index (χ4n) is 10.2. The van der Waals surface area contributed by atoms with Crippen molar-refractivity contribution in [3.05, 3.63) is 241 Å². The molecule has 0 aliphatic rings. The summed E-state index contributed by atoms with van der Waals surface area (Å²) in [6.07, 6.45) is 5.40. The maximum absolute atomic E-state index is 9.22. The van der Waals surface area contributed by atoms with Crippen LogP contribution in [0.2, 0.25) is 0 Å². The number of hydrogen-bond acceptors (Lipinski definition) is 2. The Hall–Kier alpha value is -8.31. The fraction of sp³-hybridized carbons (Fsp3) is 0.0909. The summed E-state index contributed by atoms with van der Waals surface area (Å²) in [6.45, 7) is 10.7. The molecule has 0 aliphatic carbocycles. The number of para-hydroxylation sites is 6. The Morgan fingerprint density at radius 1 is 0.575 bits per heavy atom. The van der Waals surface area contributed by atoms with Crippen LogP contribution in [-0.2, 0) is 26.5 Å². The van der Waals surface area contributed by atoms with E-state index in [1.165, 1.54) is 0 Å². The average Bonchev–Trinajstić information content (AvgIpc) is 2.68. The zero-order valence-corrected chi connectivity index (χ0v) is 42.6. The summed E-state index contributed by atoms with van der Waals surface area (Å²) in [5.41, 5.74) is 9.17. The van der Waals surface area contributed by atoms with Crippen LogP contribution in [0.25, 0.3) is 99.8 Å². The van der Waals surface area contributed by atoms with Crippen molar-refractivity contribution < 1.29 is 44.1 Å². The first-order valence-electron chi connectivity index (χ1n) is 28.7. The van der Waals surface area contributed by atoms with Crippen molar-refractivity contribution in [2.24, 2.45) is 0 Å². The minimum Gasteiger partial charge on any atom is -0.510 e. The second-order valence-electron chi connectivity index (χ2n) is 19.0. The molecule has 0 spiro atoms. The maximum atomic E-state index is 9.22. The summed E-state index contributed by atoms with van der Waals surface area (Å²) in [5, 5.41) is 4.12. The molecular formula is C66H49N5OPt-2. The normalized spacial score (nSPS) is 13.7. The summed E-state index contributed by atoms with van der Waals surface area (Å²) in [7, 11) is 0. The van der Waals surface area contributed by atoms with E-state index in [1.807, 2.05) is 72.9 Å². The summed E-state index contributed by atoms with van der Waals surface area (Å²) < 4.78 is 104. The number of pyridine rings is 1. The number of rotatable bonds is 8. The zero-order valence-electron chi connectivity index (χ0n) is 50.3. The number of benzene rings is 9. The van der Waals surface area contributed by atoms with Gasteiger partial charge >= 0.3 is 0 Å². The maximum Gasteiger partial charge on any atom is 0.268 e. The predicted octanol–water partition coefficient (Wildman–Crippen LogP) is 15.9. The Morgan fingerprint density at radius 3 is 1.86 bits per heavy atom. The first kappa shape index (κ1) is 35.7. The summed E-state index contributed by atoms with van der Waals surface area (Å²) in [4.78, 5) is 4.89. The Morgan fingerprint density at radius 2 is 1.19 bits per heavy atom. The van der Waals surface area contributed by atoms with Crippen molar-refractivity contribution in [2.45, 2.75) is 40.0 Å². The number of fused-ring (bicyclic) bond motifs is 7. The first-order chi connectivity index (χ1) is 39.3. The number of nitrogens with zero attached hydrogens (tertiary/aromatic N) is 5. The van der Waals surface area contributed by atoms with Crippen LogP contribution in [0.15, 0.2) is 206 Å². The second kappa shape index (κ2) is 18.1. The van der Waals surface area contributed by atoms with Gasteiger partial charge in [0, 0.05) is 55.1 Å². The molecule has 0 fully saturated rings. The van der Waals surface area contributed by atoms with Gasteiger partial charge in [-0.15, -0.1) is 35.7 Å². The number of hydrogen-bond donors (Lipinski definition) is 0. The van der Waals surface area contributed by atoms with Crippen LogP contribution in [0, 0.1) is 32.3 Å². The Labute approximate surface area is 453 Å². The molecule has 4 aromatic heterocycles. The van der Waals surface area contributed by atoms with E-state index in [4.69, 9.17) is 17.9 Å². The van der Waals surface area contributed by atoms with Gasteiger partial charge in [-0.3, -0.25) is 4.57 Å². The van der Waals surface area contributed by atoms with Crippen molar-refractivity contribution in [1.29, 1.82) is 0 Å². The summed E-state index contributed by atoms with van der Waals surface area (Å²) in [6, 6.07) is 46.9. The Balaban J connectivity index is 0.00000680. The van der Waals surface area contributed by atoms with Crippen molar-refractivity contribution in [1.82, 2.24) is 18.7 Å². The van der Waals surface area contributed by atoms with Crippen LogP contribution in [0.5, 0.6) is 11.5 Å². The fourth-order valence-corrected chi connectivity index (χ4v) is 10.2. The minimum atomic E-state index is -0.581. The molecule has 0 amide bonds. The van der Waals surface area contributed by atoms with Crippen LogP contribution < -0.4 is 9.30 Å². The smallest absolute Gasteiger partial charge is 0.268 e. The minimum absolute atomic E-state index is 0. The largest absolute Gasteiger partial charge is 0.510 e. The van der Waals surface area contributed by atoms with Gasteiger partial charge < -0.3 is 18.4 Å². The van der Waals surface area contributed by atoms with Crippen LogP contribution in [-0.4, -0.2) is 18.7 Å². The van der Waals surface area contributed by atoms with Gasteiger partial charge in [0.15, 0.2) is 0 Å². The van der Waals surface area contributed by atoms with E-state index in [9.17, 15) is 5.48 Å². The molecule has 0 radical (unpaired) electrons. The van der Waals surface area contributed by atoms with Crippen LogP contribution in [0.4, 0.5) is 0 Å². The van der Waals surface area contributed by atoms with Gasteiger partial charge in [0.05, 0.1) is 41.5 Å². The Kier molecular flexibility index (Phi) is 8.85. The van der Waals surface area contributed by atoms with Gasteiger partial charge in [0.1, 0.15) is 5.82 Å². The monoisotopic (exact) mass is 1130 g/mol. The molecule has 73 heavy (non-hydrogen) atoms. The Bertz CT molecular complexity index is 4680. The quantitative estimate of drug-likeness (QED) is 0.112. The molecule has 0 saturated heterocycles. The molecule has 0 aliphatic heterocycles. The number of ether oxygens (including phenoxy) is 1. The van der Waals surface area contributed by atoms with E-state index in [0.717, 1.165) is 71.8 Å². The van der Waals surface area contributed by atoms with Crippen LogP contribution in [0.1, 0.15) is 51.2 Å². The van der Waals surface area contributed by atoms with Gasteiger partial charge in [0.25, 0.3) is 6.33 Å². The van der Waals surface area contributed by atoms with Crippen molar-refractivity contribution in [3.63, 3.8) is 0 Å². The molecule has 6 nitrogen and oxygen atoms in total. The van der Waals surface area contributed by atoms with Gasteiger partial charge in [-0.25, -0.2) is 4.98 Å². The van der Waals surface area contributed by atoms with Crippen LogP contribution in [0.3, 0.4) is 0 Å². The predicted molar refractivity (Wildman–Crippen MR) is 293 cm³/mol. The van der Waals surface area contributed by atoms with Gasteiger partial charge in [0.2, 0.25) is 0 Å². The van der Waals surface area contributed by atoms with Gasteiger partial charge in [-0.1, -0.05) is 189 Å². The van der Waals surface area contributed by atoms with Crippen molar-refractivity contribution >= 4 is 54.6 Å². The molecule has 4 heterocycles. The standard InChI is InChI=1S/C66H49N5O.Pt/c1-43-19-16-28-56-57-29-17-20-44(2)64(57)70(63(43)56)49-38-48(39-51(40-49)72-50-33-34-55-54-25-12-13-30-58(54)71(61(55)41-50)62-37-47(35-36-67-62)66(3,4)5)68-42-69(60-32-15-14-31-59(60)68)65-52(45-21-8-6-9-22-45)26-18-27-53(65)46-23-10-7-11-24-46;/h6-38,40H,1-5H3;/q-2;/i6D,7D,8D,9D,10D,11D,21D,22D,23D,24D;. The van der Waals surface area contributed by atoms with E-state index in [1.54, 1.807) is 27.3 Å². The number of aromatic nitrogens is 5. The topological polar surface area (TPSA) is 40.8 Å². The molecule has 356 valence electrons. The molecular weight excluding hydrogens is 1070 g/mol. The SMILES string of the molecule is [2H]c1c([2H])c([2H])c(-c2cccc(-c3c([2H])c([2H])c([2H])c([2H])c3[2H])c2-[n+]2[c-]n(-c3[c-]c(Oc4[c-]c5c(cc4)c4ccccc4n5-c4cc(C(C)(C)C)ccn4)cc(-n4c5c(C)cccc5c5cccc(C)c54)c3)c3ccccc32)c([2H])c1[2H].[Pt]. The molecule has 13 rings (SSSR count). The van der Waals surface area contributed by atoms with E-state index >= 15 is 0 Å². The van der Waals surface area contributed by atoms with Gasteiger partial charge in [-0.2, -0.15) is 6.07 Å². The second-order valence-corrected chi connectivity index (χ2v) is 19.0. The van der Waals surface area contributed by atoms with Crippen molar-refractivity contribution in [2.75, 3.05) is 0 Å². The summed E-state index contributed by atoms with van der Waals surface area (Å²) in [5.74, 6) is 1.48. The third kappa shape index (κ3) is 7.76. The van der Waals surface area contributed by atoms with Crippen LogP contribution >= 0.6 is 0 Å². The molecule has 0 unspecified atom stereocenters. The molecule has 7 heteroatoms. The van der Waals surface area contributed by atoms with Gasteiger partial charge in [-0.05, 0) is 87.5 Å². The number of imidazole rings is 1. The first-order valence-corrected chi connectivity index (χ1v) is 23.7. The molecule has 0 bridgehead atoms. The third-order valence-electron chi connectivity index (χ3n) is 13.5.